The number of hydrogen-bond acceptors (Lipinski definition) is 6. The first-order valence-corrected chi connectivity index (χ1v) is 10.7. The third kappa shape index (κ3) is 5.12. The first kappa shape index (κ1) is 22.9. The average Bonchev–Trinajstić information content (AvgIpc) is 3.28. The van der Waals surface area contributed by atoms with Crippen molar-refractivity contribution >= 4 is 22.9 Å². The van der Waals surface area contributed by atoms with Crippen LogP contribution in [-0.4, -0.2) is 22.4 Å². The van der Waals surface area contributed by atoms with Crippen LogP contribution in [0.15, 0.2) is 105 Å². The van der Waals surface area contributed by atoms with Gasteiger partial charge < -0.3 is 9.15 Å². The van der Waals surface area contributed by atoms with Gasteiger partial charge in [-0.05, 0) is 48.5 Å². The number of para-hydroxylation sites is 2. The molecule has 5 aromatic rings. The van der Waals surface area contributed by atoms with E-state index in [2.05, 4.69) is 20.4 Å². The predicted molar refractivity (Wildman–Crippen MR) is 129 cm³/mol. The van der Waals surface area contributed by atoms with Crippen molar-refractivity contribution in [3.05, 3.63) is 107 Å². The Morgan fingerprint density at radius 1 is 0.972 bits per heavy atom. The maximum absolute atomic E-state index is 12.8. The van der Waals surface area contributed by atoms with Gasteiger partial charge in [-0.2, -0.15) is 10.2 Å². The molecule has 0 saturated heterocycles. The summed E-state index contributed by atoms with van der Waals surface area (Å²) in [5.41, 5.74) is 5.01. The van der Waals surface area contributed by atoms with Gasteiger partial charge in [0.25, 0.3) is 0 Å². The van der Waals surface area contributed by atoms with Crippen molar-refractivity contribution in [3.8, 4) is 22.7 Å². The highest BCUT2D eigenvalue weighted by Gasteiger charge is 2.30. The zero-order valence-corrected chi connectivity index (χ0v) is 18.4. The van der Waals surface area contributed by atoms with E-state index in [9.17, 15) is 18.0 Å². The first-order chi connectivity index (χ1) is 17.4. The van der Waals surface area contributed by atoms with E-state index >= 15 is 0 Å². The summed E-state index contributed by atoms with van der Waals surface area (Å²) in [6, 6.07) is 23.3. The number of hydrazone groups is 1. The van der Waals surface area contributed by atoms with Crippen LogP contribution < -0.4 is 15.8 Å². The lowest BCUT2D eigenvalue weighted by Crippen LogP contribution is -2.16. The van der Waals surface area contributed by atoms with Crippen molar-refractivity contribution in [2.75, 3.05) is 5.43 Å². The molecule has 7 nitrogen and oxygen atoms in total. The molecule has 5 rings (SSSR count). The van der Waals surface area contributed by atoms with Crippen molar-refractivity contribution in [3.63, 3.8) is 0 Å². The summed E-state index contributed by atoms with van der Waals surface area (Å²) in [6.07, 6.45) is -1.58. The van der Waals surface area contributed by atoms with Crippen molar-refractivity contribution in [2.24, 2.45) is 5.10 Å². The number of halogens is 3. The van der Waals surface area contributed by atoms with Gasteiger partial charge in [0.1, 0.15) is 17.0 Å². The van der Waals surface area contributed by atoms with Crippen LogP contribution in [0.5, 0.6) is 5.75 Å². The fraction of sp³-hybridized carbons (Fsp3) is 0.0385. The Bertz CT molecular complexity index is 1590. The minimum absolute atomic E-state index is 0.262. The standard InChI is InChI=1S/C26H17F3N4O3/c27-26(28,29)36-21-12-10-19(11-13-21)31-30-15-18-16-33(20-7-2-1-3-8-20)32-24(18)22-14-17-6-4-5-9-23(17)35-25(22)34/h1-16,31H/b30-15+. The summed E-state index contributed by atoms with van der Waals surface area (Å²) >= 11 is 0. The SMILES string of the molecule is O=c1oc2ccccc2cc1-c1nn(-c2ccccc2)cc1/C=N/Nc1ccc(OC(F)(F)F)cc1. The Balaban J connectivity index is 1.48. The number of rotatable bonds is 6. The van der Waals surface area contributed by atoms with E-state index in [1.54, 1.807) is 29.1 Å². The van der Waals surface area contributed by atoms with E-state index in [0.717, 1.165) is 11.1 Å². The summed E-state index contributed by atoms with van der Waals surface area (Å²) < 4.78 is 48.0. The molecule has 2 aromatic heterocycles. The number of fused-ring (bicyclic) bond motifs is 1. The third-order valence-corrected chi connectivity index (χ3v) is 5.14. The van der Waals surface area contributed by atoms with Crippen LogP contribution in [0, 0.1) is 0 Å². The van der Waals surface area contributed by atoms with Gasteiger partial charge in [0.15, 0.2) is 0 Å². The fourth-order valence-electron chi connectivity index (χ4n) is 3.54. The van der Waals surface area contributed by atoms with Crippen molar-refractivity contribution in [1.29, 1.82) is 0 Å². The molecule has 0 bridgehead atoms. The third-order valence-electron chi connectivity index (χ3n) is 5.14. The Morgan fingerprint density at radius 2 is 1.69 bits per heavy atom. The Labute approximate surface area is 202 Å². The highest BCUT2D eigenvalue weighted by Crippen LogP contribution is 2.25. The number of ether oxygens (including phenoxy) is 1. The van der Waals surface area contributed by atoms with Gasteiger partial charge in [-0.1, -0.05) is 36.4 Å². The summed E-state index contributed by atoms with van der Waals surface area (Å²) in [7, 11) is 0. The van der Waals surface area contributed by atoms with E-state index in [0.29, 0.717) is 22.5 Å². The van der Waals surface area contributed by atoms with Crippen molar-refractivity contribution in [1.82, 2.24) is 9.78 Å². The molecular formula is C26H17F3N4O3. The summed E-state index contributed by atoms with van der Waals surface area (Å²) in [5.74, 6) is -0.341. The highest BCUT2D eigenvalue weighted by atomic mass is 19.4. The molecule has 0 atom stereocenters. The molecule has 10 heteroatoms. The van der Waals surface area contributed by atoms with Crippen LogP contribution in [0.4, 0.5) is 18.9 Å². The van der Waals surface area contributed by atoms with Gasteiger partial charge in [0.2, 0.25) is 0 Å². The zero-order chi connectivity index (χ0) is 25.1. The second-order valence-electron chi connectivity index (χ2n) is 7.64. The topological polar surface area (TPSA) is 81.7 Å². The fourth-order valence-corrected chi connectivity index (χ4v) is 3.54. The van der Waals surface area contributed by atoms with Crippen LogP contribution in [0.2, 0.25) is 0 Å². The monoisotopic (exact) mass is 490 g/mol. The smallest absolute Gasteiger partial charge is 0.422 e. The van der Waals surface area contributed by atoms with E-state index in [4.69, 9.17) is 4.42 Å². The number of nitrogens with zero attached hydrogens (tertiary/aromatic N) is 3. The molecule has 0 amide bonds. The number of alkyl halides is 3. The lowest BCUT2D eigenvalue weighted by molar-refractivity contribution is -0.274. The molecule has 0 aliphatic rings. The van der Waals surface area contributed by atoms with Gasteiger partial charge >= 0.3 is 12.0 Å². The number of hydrogen-bond donors (Lipinski definition) is 1. The van der Waals surface area contributed by atoms with Gasteiger partial charge in [-0.15, -0.1) is 13.2 Å². The number of anilines is 1. The Hall–Kier alpha value is -4.86. The van der Waals surface area contributed by atoms with Crippen molar-refractivity contribution in [2.45, 2.75) is 6.36 Å². The zero-order valence-electron chi connectivity index (χ0n) is 18.4. The molecule has 0 fully saturated rings. The summed E-state index contributed by atoms with van der Waals surface area (Å²) in [5, 5.41) is 9.52. The average molecular weight is 490 g/mol. The van der Waals surface area contributed by atoms with Crippen LogP contribution in [0.25, 0.3) is 27.9 Å². The molecule has 0 spiro atoms. The maximum Gasteiger partial charge on any atom is 0.573 e. The minimum Gasteiger partial charge on any atom is -0.422 e. The second kappa shape index (κ2) is 9.41. The van der Waals surface area contributed by atoms with Gasteiger partial charge in [0.05, 0.1) is 23.2 Å². The highest BCUT2D eigenvalue weighted by molar-refractivity contribution is 5.91. The predicted octanol–water partition coefficient (Wildman–Crippen LogP) is 5.99. The van der Waals surface area contributed by atoms with Gasteiger partial charge in [-0.3, -0.25) is 5.43 Å². The van der Waals surface area contributed by atoms with Crippen LogP contribution in [0.1, 0.15) is 5.56 Å². The van der Waals surface area contributed by atoms with E-state index in [-0.39, 0.29) is 11.3 Å². The van der Waals surface area contributed by atoms with Crippen molar-refractivity contribution < 1.29 is 22.3 Å². The molecule has 0 aliphatic heterocycles. The normalized spacial score (nSPS) is 11.8. The first-order valence-electron chi connectivity index (χ1n) is 10.7. The summed E-state index contributed by atoms with van der Waals surface area (Å²) in [4.78, 5) is 12.8. The molecule has 2 heterocycles. The lowest BCUT2D eigenvalue weighted by atomic mass is 10.1. The summed E-state index contributed by atoms with van der Waals surface area (Å²) in [6.45, 7) is 0. The number of benzene rings is 3. The van der Waals surface area contributed by atoms with Gasteiger partial charge in [0, 0.05) is 17.1 Å². The number of aromatic nitrogens is 2. The lowest BCUT2D eigenvalue weighted by Gasteiger charge is -2.08. The quantitative estimate of drug-likeness (QED) is 0.180. The van der Waals surface area contributed by atoms with E-state index in [1.165, 1.54) is 30.5 Å². The van der Waals surface area contributed by atoms with E-state index in [1.807, 2.05) is 42.5 Å². The van der Waals surface area contributed by atoms with Crippen LogP contribution >= 0.6 is 0 Å². The maximum atomic E-state index is 12.8. The molecule has 3 aromatic carbocycles. The number of nitrogens with one attached hydrogen (secondary N) is 1. The largest absolute Gasteiger partial charge is 0.573 e. The minimum atomic E-state index is -4.77. The Morgan fingerprint density at radius 3 is 2.44 bits per heavy atom. The molecule has 1 N–H and O–H groups in total. The Kier molecular flexibility index (Phi) is 5.99. The van der Waals surface area contributed by atoms with Crippen LogP contribution in [-0.2, 0) is 0 Å². The molecule has 0 aliphatic carbocycles. The molecular weight excluding hydrogens is 473 g/mol. The van der Waals surface area contributed by atoms with Gasteiger partial charge in [-0.25, -0.2) is 9.48 Å². The van der Waals surface area contributed by atoms with E-state index < -0.39 is 12.0 Å². The molecule has 0 unspecified atom stereocenters. The van der Waals surface area contributed by atoms with Crippen LogP contribution in [0.3, 0.4) is 0 Å². The molecule has 36 heavy (non-hydrogen) atoms. The second-order valence-corrected chi connectivity index (χ2v) is 7.64. The molecule has 0 radical (unpaired) electrons. The molecule has 0 saturated carbocycles. The molecule has 180 valence electrons.